The van der Waals surface area contributed by atoms with Gasteiger partial charge in [0.15, 0.2) is 5.04 Å². The van der Waals surface area contributed by atoms with Crippen LogP contribution in [0.5, 0.6) is 0 Å². The molecule has 1 aliphatic heterocycles. The van der Waals surface area contributed by atoms with Crippen molar-refractivity contribution >= 4 is 44.3 Å². The van der Waals surface area contributed by atoms with E-state index in [1.165, 1.54) is 0 Å². The van der Waals surface area contributed by atoms with E-state index in [4.69, 9.17) is 11.6 Å². The molecule has 0 aliphatic carbocycles. The molecule has 0 bridgehead atoms. The van der Waals surface area contributed by atoms with Crippen molar-refractivity contribution in [2.45, 2.75) is 13.3 Å². The molecule has 0 saturated carbocycles. The Morgan fingerprint density at radius 2 is 2.21 bits per heavy atom. The van der Waals surface area contributed by atoms with Crippen molar-refractivity contribution in [1.29, 1.82) is 5.26 Å². The summed E-state index contributed by atoms with van der Waals surface area (Å²) in [6.45, 7) is 2.08. The number of halogens is 1. The van der Waals surface area contributed by atoms with E-state index >= 15 is 0 Å². The average Bonchev–Trinajstić information content (AvgIpc) is 3.02. The van der Waals surface area contributed by atoms with E-state index in [0.29, 0.717) is 28.2 Å². The number of nitrogens with zero attached hydrogens (tertiary/aromatic N) is 2. The van der Waals surface area contributed by atoms with Crippen LogP contribution in [-0.4, -0.2) is 20.0 Å². The normalized spacial score (nSPS) is 17.8. The molecule has 0 saturated heterocycles. The number of rotatable bonds is 6. The van der Waals surface area contributed by atoms with E-state index in [9.17, 15) is 13.7 Å². The maximum atomic E-state index is 11.6. The fourth-order valence-electron chi connectivity index (χ4n) is 1.83. The molecule has 9 heteroatoms. The van der Waals surface area contributed by atoms with Gasteiger partial charge in [-0.15, -0.1) is 0 Å². The van der Waals surface area contributed by atoms with Crippen molar-refractivity contribution in [3.63, 3.8) is 0 Å². The van der Waals surface area contributed by atoms with Gasteiger partial charge in [0.05, 0.1) is 5.57 Å². The summed E-state index contributed by atoms with van der Waals surface area (Å²) in [4.78, 5) is 0. The first-order valence-corrected chi connectivity index (χ1v) is 9.64. The summed E-state index contributed by atoms with van der Waals surface area (Å²) in [7, 11) is -3.97. The van der Waals surface area contributed by atoms with Crippen LogP contribution < -0.4 is 4.72 Å². The van der Waals surface area contributed by atoms with Crippen molar-refractivity contribution in [3.05, 3.63) is 51.9 Å². The smallest absolute Gasteiger partial charge is 0.255 e. The third-order valence-corrected chi connectivity index (χ3v) is 4.86. The molecule has 1 aromatic rings. The SMILES string of the molecule is CCCNS(=O)(=O)O/N=C1\SC=C\C1=C(\C#N)c1ccccc1Cl. The standard InChI is InChI=1S/C15H14ClN3O3S2/c1-2-8-18-24(20,21)22-19-15-12(7-9-23-15)13(10-17)11-5-3-4-6-14(11)16/h3-7,9,18H,2,8H2,1H3/b13-12+,19-15-. The molecule has 1 aromatic carbocycles. The Labute approximate surface area is 150 Å². The van der Waals surface area contributed by atoms with Crippen molar-refractivity contribution in [2.75, 3.05) is 6.54 Å². The second-order valence-electron chi connectivity index (χ2n) is 4.62. The molecule has 0 fully saturated rings. The van der Waals surface area contributed by atoms with Crippen LogP contribution >= 0.6 is 23.4 Å². The zero-order valence-electron chi connectivity index (χ0n) is 12.7. The zero-order chi connectivity index (χ0) is 17.6. The molecule has 2 rings (SSSR count). The summed E-state index contributed by atoms with van der Waals surface area (Å²) in [6.07, 6.45) is 2.30. The number of hydrogen-bond acceptors (Lipinski definition) is 6. The topological polar surface area (TPSA) is 91.6 Å². The fraction of sp³-hybridized carbons (Fsp3) is 0.200. The Bertz CT molecular complexity index is 855. The number of hydrogen-bond donors (Lipinski definition) is 1. The maximum Gasteiger partial charge on any atom is 0.402 e. The maximum absolute atomic E-state index is 11.6. The van der Waals surface area contributed by atoms with Gasteiger partial charge in [-0.1, -0.05) is 53.6 Å². The van der Waals surface area contributed by atoms with Crippen LogP contribution in [0, 0.1) is 11.3 Å². The van der Waals surface area contributed by atoms with E-state index in [-0.39, 0.29) is 11.6 Å². The Kier molecular flexibility index (Phi) is 6.45. The minimum absolute atomic E-state index is 0.254. The van der Waals surface area contributed by atoms with E-state index in [1.54, 1.807) is 35.7 Å². The monoisotopic (exact) mass is 383 g/mol. The lowest BCUT2D eigenvalue weighted by Gasteiger charge is -2.07. The highest BCUT2D eigenvalue weighted by Crippen LogP contribution is 2.33. The van der Waals surface area contributed by atoms with Crippen molar-refractivity contribution in [1.82, 2.24) is 4.72 Å². The van der Waals surface area contributed by atoms with Gasteiger partial charge < -0.3 is 0 Å². The molecule has 0 radical (unpaired) electrons. The van der Waals surface area contributed by atoms with E-state index < -0.39 is 10.3 Å². The lowest BCUT2D eigenvalue weighted by atomic mass is 10.0. The van der Waals surface area contributed by atoms with Crippen LogP contribution in [0.1, 0.15) is 18.9 Å². The van der Waals surface area contributed by atoms with Crippen LogP contribution in [0.2, 0.25) is 5.02 Å². The molecule has 0 atom stereocenters. The molecule has 1 aliphatic rings. The van der Waals surface area contributed by atoms with E-state index in [1.807, 2.05) is 6.92 Å². The summed E-state index contributed by atoms with van der Waals surface area (Å²) in [5.41, 5.74) is 1.30. The predicted octanol–water partition coefficient (Wildman–Crippen LogP) is 3.45. The Morgan fingerprint density at radius 1 is 1.46 bits per heavy atom. The van der Waals surface area contributed by atoms with Gasteiger partial charge in [0, 0.05) is 22.7 Å². The second kappa shape index (κ2) is 8.35. The molecule has 126 valence electrons. The highest BCUT2D eigenvalue weighted by atomic mass is 35.5. The van der Waals surface area contributed by atoms with Gasteiger partial charge in [0.25, 0.3) is 0 Å². The average molecular weight is 384 g/mol. The second-order valence-corrected chi connectivity index (χ2v) is 7.27. The molecular weight excluding hydrogens is 370 g/mol. The van der Waals surface area contributed by atoms with Gasteiger partial charge in [-0.25, -0.2) is 0 Å². The van der Waals surface area contributed by atoms with Crippen LogP contribution in [0.3, 0.4) is 0 Å². The Morgan fingerprint density at radius 3 is 2.88 bits per heavy atom. The van der Waals surface area contributed by atoms with Crippen molar-refractivity contribution < 1.29 is 12.7 Å². The summed E-state index contributed by atoms with van der Waals surface area (Å²) in [5, 5.41) is 15.5. The van der Waals surface area contributed by atoms with Crippen LogP contribution in [-0.2, 0) is 14.6 Å². The van der Waals surface area contributed by atoms with Gasteiger partial charge in [-0.2, -0.15) is 18.4 Å². The lowest BCUT2D eigenvalue weighted by Crippen LogP contribution is -2.25. The molecular formula is C15H14ClN3O3S2. The molecule has 0 aromatic heterocycles. The fourth-order valence-corrected chi connectivity index (χ4v) is 3.50. The van der Waals surface area contributed by atoms with Crippen LogP contribution in [0.15, 0.2) is 46.5 Å². The number of allylic oxidation sites excluding steroid dienone is 2. The summed E-state index contributed by atoms with van der Waals surface area (Å²) < 4.78 is 30.1. The number of oxime groups is 1. The number of nitriles is 1. The molecule has 6 nitrogen and oxygen atoms in total. The third kappa shape index (κ3) is 4.61. The van der Waals surface area contributed by atoms with Crippen LogP contribution in [0.4, 0.5) is 0 Å². The summed E-state index contributed by atoms with van der Waals surface area (Å²) in [6, 6.07) is 9.00. The first-order valence-electron chi connectivity index (χ1n) is 6.97. The molecule has 0 spiro atoms. The van der Waals surface area contributed by atoms with Gasteiger partial charge in [0.2, 0.25) is 0 Å². The highest BCUT2D eigenvalue weighted by Gasteiger charge is 2.21. The van der Waals surface area contributed by atoms with Crippen molar-refractivity contribution in [3.8, 4) is 6.07 Å². The largest absolute Gasteiger partial charge is 0.402 e. The first kappa shape index (κ1) is 18.5. The minimum atomic E-state index is -3.97. The summed E-state index contributed by atoms with van der Waals surface area (Å²) in [5.74, 6) is 0. The molecule has 1 N–H and O–H groups in total. The van der Waals surface area contributed by atoms with E-state index in [0.717, 1.165) is 11.8 Å². The van der Waals surface area contributed by atoms with Gasteiger partial charge in [-0.3, -0.25) is 4.28 Å². The number of benzene rings is 1. The summed E-state index contributed by atoms with van der Waals surface area (Å²) >= 11 is 7.30. The Hall–Kier alpha value is -1.79. The van der Waals surface area contributed by atoms with E-state index in [2.05, 4.69) is 20.2 Å². The third-order valence-electron chi connectivity index (χ3n) is 2.92. The molecule has 24 heavy (non-hydrogen) atoms. The molecule has 1 heterocycles. The quantitative estimate of drug-likeness (QED) is 0.600. The highest BCUT2D eigenvalue weighted by molar-refractivity contribution is 8.17. The molecule has 0 amide bonds. The van der Waals surface area contributed by atoms with Crippen LogP contribution in [0.25, 0.3) is 5.57 Å². The van der Waals surface area contributed by atoms with Crippen molar-refractivity contribution in [2.24, 2.45) is 5.16 Å². The van der Waals surface area contributed by atoms with Gasteiger partial charge in [-0.05, 0) is 24.0 Å². The van der Waals surface area contributed by atoms with Gasteiger partial charge in [0.1, 0.15) is 6.07 Å². The molecule has 0 unspecified atom stereocenters. The Balaban J connectivity index is 2.35. The number of nitrogens with one attached hydrogen (secondary N) is 1. The first-order chi connectivity index (χ1) is 11.5. The van der Waals surface area contributed by atoms with Gasteiger partial charge >= 0.3 is 10.3 Å². The zero-order valence-corrected chi connectivity index (χ0v) is 15.1. The minimum Gasteiger partial charge on any atom is -0.255 e. The predicted molar refractivity (Wildman–Crippen MR) is 96.4 cm³/mol. The number of thioether (sulfide) groups is 1. The lowest BCUT2D eigenvalue weighted by molar-refractivity contribution is 0.332.